The van der Waals surface area contributed by atoms with E-state index in [1.807, 2.05) is 12.1 Å². The SMILES string of the molecule is CCCCOc1cccc(CCN)c1.Cl. The van der Waals surface area contributed by atoms with E-state index < -0.39 is 0 Å². The van der Waals surface area contributed by atoms with Gasteiger partial charge in [0.05, 0.1) is 6.61 Å². The van der Waals surface area contributed by atoms with Crippen LogP contribution >= 0.6 is 12.4 Å². The van der Waals surface area contributed by atoms with Gasteiger partial charge in [0.25, 0.3) is 0 Å². The average molecular weight is 230 g/mol. The Kier molecular flexibility index (Phi) is 8.15. The fraction of sp³-hybridized carbons (Fsp3) is 0.500. The smallest absolute Gasteiger partial charge is 0.119 e. The first-order valence-electron chi connectivity index (χ1n) is 5.28. The number of rotatable bonds is 6. The second kappa shape index (κ2) is 8.57. The van der Waals surface area contributed by atoms with Gasteiger partial charge >= 0.3 is 0 Å². The van der Waals surface area contributed by atoms with E-state index in [9.17, 15) is 0 Å². The van der Waals surface area contributed by atoms with Crippen LogP contribution in [-0.4, -0.2) is 13.2 Å². The van der Waals surface area contributed by atoms with Crippen LogP contribution < -0.4 is 10.5 Å². The molecule has 86 valence electrons. The van der Waals surface area contributed by atoms with E-state index in [0.29, 0.717) is 6.54 Å². The summed E-state index contributed by atoms with van der Waals surface area (Å²) >= 11 is 0. The summed E-state index contributed by atoms with van der Waals surface area (Å²) in [6, 6.07) is 8.17. The summed E-state index contributed by atoms with van der Waals surface area (Å²) in [5, 5.41) is 0. The van der Waals surface area contributed by atoms with E-state index in [1.165, 1.54) is 12.0 Å². The minimum absolute atomic E-state index is 0. The number of ether oxygens (including phenoxy) is 1. The number of hydrogen-bond donors (Lipinski definition) is 1. The molecule has 0 aliphatic heterocycles. The molecule has 0 aromatic heterocycles. The lowest BCUT2D eigenvalue weighted by molar-refractivity contribution is 0.309. The number of nitrogens with two attached hydrogens (primary N) is 1. The molecule has 3 heteroatoms. The van der Waals surface area contributed by atoms with E-state index in [-0.39, 0.29) is 12.4 Å². The van der Waals surface area contributed by atoms with E-state index in [4.69, 9.17) is 10.5 Å². The third kappa shape index (κ3) is 5.65. The predicted molar refractivity (Wildman–Crippen MR) is 66.9 cm³/mol. The third-order valence-corrected chi connectivity index (χ3v) is 2.10. The summed E-state index contributed by atoms with van der Waals surface area (Å²) in [6.07, 6.45) is 3.20. The van der Waals surface area contributed by atoms with E-state index >= 15 is 0 Å². The van der Waals surface area contributed by atoms with Gasteiger partial charge < -0.3 is 10.5 Å². The Morgan fingerprint density at radius 1 is 1.33 bits per heavy atom. The van der Waals surface area contributed by atoms with Crippen LogP contribution in [0.15, 0.2) is 24.3 Å². The fourth-order valence-electron chi connectivity index (χ4n) is 1.29. The Morgan fingerprint density at radius 2 is 2.13 bits per heavy atom. The van der Waals surface area contributed by atoms with E-state index in [2.05, 4.69) is 19.1 Å². The largest absolute Gasteiger partial charge is 0.494 e. The molecule has 1 rings (SSSR count). The number of halogens is 1. The van der Waals surface area contributed by atoms with Crippen LogP contribution in [0.1, 0.15) is 25.3 Å². The molecule has 2 N–H and O–H groups in total. The maximum atomic E-state index is 5.59. The Labute approximate surface area is 98.2 Å². The average Bonchev–Trinajstić information content (AvgIpc) is 2.19. The van der Waals surface area contributed by atoms with Crippen molar-refractivity contribution in [2.24, 2.45) is 5.73 Å². The summed E-state index contributed by atoms with van der Waals surface area (Å²) < 4.78 is 5.59. The molecule has 1 aromatic carbocycles. The van der Waals surface area contributed by atoms with Gasteiger partial charge in [-0.15, -0.1) is 12.4 Å². The highest BCUT2D eigenvalue weighted by molar-refractivity contribution is 5.85. The maximum absolute atomic E-state index is 5.59. The van der Waals surface area contributed by atoms with Gasteiger partial charge in [0.15, 0.2) is 0 Å². The second-order valence-corrected chi connectivity index (χ2v) is 3.39. The molecule has 0 amide bonds. The lowest BCUT2D eigenvalue weighted by atomic mass is 10.1. The van der Waals surface area contributed by atoms with Gasteiger partial charge in [0.2, 0.25) is 0 Å². The lowest BCUT2D eigenvalue weighted by Crippen LogP contribution is -2.03. The van der Waals surface area contributed by atoms with Gasteiger partial charge in [0.1, 0.15) is 5.75 Å². The molecule has 1 aromatic rings. The Hall–Kier alpha value is -0.730. The predicted octanol–water partition coefficient (Wildman–Crippen LogP) is 2.79. The second-order valence-electron chi connectivity index (χ2n) is 3.39. The number of benzene rings is 1. The summed E-state index contributed by atoms with van der Waals surface area (Å²) in [5.74, 6) is 0.962. The van der Waals surface area contributed by atoms with Crippen molar-refractivity contribution < 1.29 is 4.74 Å². The zero-order chi connectivity index (χ0) is 10.2. The summed E-state index contributed by atoms with van der Waals surface area (Å²) in [5.41, 5.74) is 6.74. The van der Waals surface area contributed by atoms with Crippen LogP contribution in [-0.2, 0) is 6.42 Å². The molecule has 0 atom stereocenters. The molecule has 2 nitrogen and oxygen atoms in total. The first-order chi connectivity index (χ1) is 6.86. The van der Waals surface area contributed by atoms with Gasteiger partial charge in [-0.1, -0.05) is 25.5 Å². The molecule has 0 aliphatic carbocycles. The van der Waals surface area contributed by atoms with Crippen molar-refractivity contribution in [1.82, 2.24) is 0 Å². The van der Waals surface area contributed by atoms with Gasteiger partial charge in [-0.3, -0.25) is 0 Å². The van der Waals surface area contributed by atoms with E-state index in [0.717, 1.165) is 25.2 Å². The Bertz CT molecular complexity index is 266. The summed E-state index contributed by atoms with van der Waals surface area (Å²) in [4.78, 5) is 0. The highest BCUT2D eigenvalue weighted by atomic mass is 35.5. The van der Waals surface area contributed by atoms with Gasteiger partial charge in [-0.05, 0) is 37.1 Å². The molecule has 0 unspecified atom stereocenters. The van der Waals surface area contributed by atoms with E-state index in [1.54, 1.807) is 0 Å². The minimum Gasteiger partial charge on any atom is -0.494 e. The molecule has 15 heavy (non-hydrogen) atoms. The molecule has 0 spiro atoms. The molecular formula is C12H20ClNO. The van der Waals surface area contributed by atoms with Gasteiger partial charge in [-0.25, -0.2) is 0 Å². The molecule has 0 radical (unpaired) electrons. The van der Waals surface area contributed by atoms with Crippen molar-refractivity contribution in [3.05, 3.63) is 29.8 Å². The molecule has 0 saturated carbocycles. The Balaban J connectivity index is 0.00000196. The van der Waals surface area contributed by atoms with Crippen molar-refractivity contribution in [3.8, 4) is 5.75 Å². The monoisotopic (exact) mass is 229 g/mol. The van der Waals surface area contributed by atoms with Crippen molar-refractivity contribution >= 4 is 12.4 Å². The number of unbranched alkanes of at least 4 members (excludes halogenated alkanes) is 1. The van der Waals surface area contributed by atoms with Crippen LogP contribution in [0, 0.1) is 0 Å². The summed E-state index contributed by atoms with van der Waals surface area (Å²) in [6.45, 7) is 3.66. The lowest BCUT2D eigenvalue weighted by Gasteiger charge is -2.06. The van der Waals surface area contributed by atoms with Gasteiger partial charge in [-0.2, -0.15) is 0 Å². The highest BCUT2D eigenvalue weighted by Crippen LogP contribution is 2.13. The molecule has 0 bridgehead atoms. The quantitative estimate of drug-likeness (QED) is 0.762. The molecular weight excluding hydrogens is 210 g/mol. The van der Waals surface area contributed by atoms with Crippen LogP contribution in [0.5, 0.6) is 5.75 Å². The molecule has 0 heterocycles. The van der Waals surface area contributed by atoms with Crippen molar-refractivity contribution in [2.45, 2.75) is 26.2 Å². The molecule has 0 fully saturated rings. The van der Waals surface area contributed by atoms with Crippen molar-refractivity contribution in [1.29, 1.82) is 0 Å². The number of hydrogen-bond acceptors (Lipinski definition) is 2. The van der Waals surface area contributed by atoms with Crippen LogP contribution in [0.4, 0.5) is 0 Å². The minimum atomic E-state index is 0. The fourth-order valence-corrected chi connectivity index (χ4v) is 1.29. The zero-order valence-corrected chi connectivity index (χ0v) is 10.1. The third-order valence-electron chi connectivity index (χ3n) is 2.10. The molecule has 0 saturated heterocycles. The topological polar surface area (TPSA) is 35.2 Å². The first kappa shape index (κ1) is 14.3. The van der Waals surface area contributed by atoms with Crippen LogP contribution in [0.25, 0.3) is 0 Å². The van der Waals surface area contributed by atoms with Crippen LogP contribution in [0.2, 0.25) is 0 Å². The van der Waals surface area contributed by atoms with Crippen molar-refractivity contribution in [3.63, 3.8) is 0 Å². The Morgan fingerprint density at radius 3 is 2.80 bits per heavy atom. The van der Waals surface area contributed by atoms with Crippen LogP contribution in [0.3, 0.4) is 0 Å². The zero-order valence-electron chi connectivity index (χ0n) is 9.24. The summed E-state index contributed by atoms with van der Waals surface area (Å²) in [7, 11) is 0. The maximum Gasteiger partial charge on any atom is 0.119 e. The standard InChI is InChI=1S/C12H19NO.ClH/c1-2-3-9-14-12-6-4-5-11(10-12)7-8-13;/h4-6,10H,2-3,7-9,13H2,1H3;1H. The molecule has 0 aliphatic rings. The highest BCUT2D eigenvalue weighted by Gasteiger charge is 1.95. The normalized spacial score (nSPS) is 9.47. The first-order valence-corrected chi connectivity index (χ1v) is 5.28. The van der Waals surface area contributed by atoms with Crippen molar-refractivity contribution in [2.75, 3.05) is 13.2 Å². The van der Waals surface area contributed by atoms with Gasteiger partial charge in [0, 0.05) is 0 Å².